The summed E-state index contributed by atoms with van der Waals surface area (Å²) in [5.41, 5.74) is 6.15. The average molecular weight is 452 g/mol. The summed E-state index contributed by atoms with van der Waals surface area (Å²) in [7, 11) is 0. The normalized spacial score (nSPS) is 14.9. The first-order valence-corrected chi connectivity index (χ1v) is 11.1. The lowest BCUT2D eigenvalue weighted by Gasteiger charge is -2.43. The van der Waals surface area contributed by atoms with Crippen molar-refractivity contribution >= 4 is 35.2 Å². The van der Waals surface area contributed by atoms with Crippen LogP contribution >= 0.6 is 0 Å². The fraction of sp³-hybridized carbons (Fsp3) is 0.185. The molecule has 0 amide bonds. The second kappa shape index (κ2) is 8.26. The van der Waals surface area contributed by atoms with E-state index in [1.165, 1.54) is 33.9 Å². The van der Waals surface area contributed by atoms with Crippen LogP contribution in [0, 0.1) is 0 Å². The summed E-state index contributed by atoms with van der Waals surface area (Å²) in [5.74, 6) is -0.708. The maximum atomic E-state index is 11.7. The molecule has 7 heteroatoms. The van der Waals surface area contributed by atoms with E-state index in [4.69, 9.17) is 0 Å². The highest BCUT2D eigenvalue weighted by molar-refractivity contribution is 5.93. The molecule has 0 spiro atoms. The van der Waals surface area contributed by atoms with Gasteiger partial charge in [0.05, 0.1) is 11.2 Å². The number of carboxylic acid groups (broad SMARTS) is 1. The molecule has 0 aliphatic carbocycles. The molecule has 0 radical (unpaired) electrons. The van der Waals surface area contributed by atoms with Crippen molar-refractivity contribution in [2.75, 3.05) is 4.90 Å². The van der Waals surface area contributed by atoms with Crippen molar-refractivity contribution in [1.82, 2.24) is 19.6 Å². The third kappa shape index (κ3) is 3.85. The van der Waals surface area contributed by atoms with Gasteiger partial charge in [-0.3, -0.25) is 0 Å². The van der Waals surface area contributed by atoms with Crippen LogP contribution in [0.3, 0.4) is 0 Å². The quantitative estimate of drug-likeness (QED) is 0.449. The van der Waals surface area contributed by atoms with E-state index in [0.717, 1.165) is 17.7 Å². The van der Waals surface area contributed by atoms with Crippen LogP contribution in [-0.4, -0.2) is 36.2 Å². The van der Waals surface area contributed by atoms with E-state index in [9.17, 15) is 9.90 Å². The van der Waals surface area contributed by atoms with Crippen LogP contribution in [0.1, 0.15) is 53.5 Å². The van der Waals surface area contributed by atoms with E-state index in [1.807, 2.05) is 12.1 Å². The van der Waals surface area contributed by atoms with Gasteiger partial charge < -0.3 is 10.0 Å². The molecule has 34 heavy (non-hydrogen) atoms. The number of fused-ring (bicyclic) bond motifs is 2. The number of carboxylic acids is 1. The highest BCUT2D eigenvalue weighted by Crippen LogP contribution is 2.40. The van der Waals surface area contributed by atoms with Gasteiger partial charge in [-0.1, -0.05) is 48.6 Å². The number of carbonyl (C=O) groups is 1. The maximum absolute atomic E-state index is 11.7. The Balaban J connectivity index is 1.54. The molecule has 0 saturated carbocycles. The molecular weight excluding hydrogens is 426 g/mol. The summed E-state index contributed by atoms with van der Waals surface area (Å²) in [5, 5.41) is 13.7. The predicted octanol–water partition coefficient (Wildman–Crippen LogP) is 5.20. The number of benzene rings is 2. The van der Waals surface area contributed by atoms with Crippen LogP contribution in [-0.2, 0) is 6.54 Å². The van der Waals surface area contributed by atoms with Gasteiger partial charge in [-0.25, -0.2) is 9.78 Å². The summed E-state index contributed by atoms with van der Waals surface area (Å²) < 4.78 is 1.44. The number of aromatic nitrogens is 4. The van der Waals surface area contributed by atoms with Gasteiger partial charge in [-0.2, -0.15) is 14.6 Å². The van der Waals surface area contributed by atoms with Crippen molar-refractivity contribution in [3.05, 3.63) is 95.1 Å². The fourth-order valence-electron chi connectivity index (χ4n) is 4.56. The maximum Gasteiger partial charge on any atom is 0.339 e. The van der Waals surface area contributed by atoms with E-state index in [0.29, 0.717) is 11.5 Å². The molecule has 5 rings (SSSR count). The van der Waals surface area contributed by atoms with Crippen molar-refractivity contribution in [2.24, 2.45) is 0 Å². The Morgan fingerprint density at radius 3 is 2.65 bits per heavy atom. The minimum absolute atomic E-state index is 0.0686. The van der Waals surface area contributed by atoms with Crippen molar-refractivity contribution < 1.29 is 9.90 Å². The fourth-order valence-corrected chi connectivity index (χ4v) is 4.56. The predicted molar refractivity (Wildman–Crippen MR) is 133 cm³/mol. The molecule has 1 N–H and O–H groups in total. The minimum Gasteiger partial charge on any atom is -0.478 e. The monoisotopic (exact) mass is 451 g/mol. The van der Waals surface area contributed by atoms with Crippen LogP contribution in [0.4, 0.5) is 5.69 Å². The van der Waals surface area contributed by atoms with Crippen LogP contribution in [0.15, 0.2) is 67.1 Å². The van der Waals surface area contributed by atoms with Gasteiger partial charge in [0.2, 0.25) is 0 Å². The Bertz CT molecular complexity index is 1450. The average Bonchev–Trinajstić information content (AvgIpc) is 3.29. The summed E-state index contributed by atoms with van der Waals surface area (Å²) in [6, 6.07) is 16.8. The SMILES string of the molecule is CC1=CC(C)(C)N(Cc2ccccc2)c2ccc(/C=C/c3c(C(=O)O)cnc4ncnn34)cc21. The Kier molecular flexibility index (Phi) is 5.24. The van der Waals surface area contributed by atoms with Gasteiger partial charge in [-0.05, 0) is 55.7 Å². The first kappa shape index (κ1) is 21.6. The van der Waals surface area contributed by atoms with Gasteiger partial charge in [0.1, 0.15) is 11.9 Å². The van der Waals surface area contributed by atoms with Crippen LogP contribution in [0.2, 0.25) is 0 Å². The second-order valence-corrected chi connectivity index (χ2v) is 9.00. The molecule has 2 aromatic carbocycles. The number of hydrogen-bond donors (Lipinski definition) is 1. The largest absolute Gasteiger partial charge is 0.478 e. The number of nitrogens with zero attached hydrogens (tertiary/aromatic N) is 5. The molecule has 4 aromatic rings. The first-order chi connectivity index (χ1) is 16.3. The lowest BCUT2D eigenvalue weighted by atomic mass is 9.87. The van der Waals surface area contributed by atoms with Crippen molar-refractivity contribution in [2.45, 2.75) is 32.9 Å². The minimum atomic E-state index is -1.06. The van der Waals surface area contributed by atoms with Gasteiger partial charge in [-0.15, -0.1) is 0 Å². The molecule has 1 aliphatic heterocycles. The molecule has 0 unspecified atom stereocenters. The summed E-state index contributed by atoms with van der Waals surface area (Å²) >= 11 is 0. The molecule has 2 aromatic heterocycles. The zero-order valence-corrected chi connectivity index (χ0v) is 19.3. The van der Waals surface area contributed by atoms with Crippen LogP contribution in [0.5, 0.6) is 0 Å². The molecule has 170 valence electrons. The Morgan fingerprint density at radius 2 is 1.88 bits per heavy atom. The number of anilines is 1. The van der Waals surface area contributed by atoms with Gasteiger partial charge >= 0.3 is 5.97 Å². The first-order valence-electron chi connectivity index (χ1n) is 11.1. The Hall–Kier alpha value is -4.26. The second-order valence-electron chi connectivity index (χ2n) is 9.00. The molecule has 0 saturated heterocycles. The highest BCUT2D eigenvalue weighted by Gasteiger charge is 2.31. The van der Waals surface area contributed by atoms with E-state index in [2.05, 4.69) is 89.3 Å². The number of aromatic carboxylic acids is 1. The summed E-state index contributed by atoms with van der Waals surface area (Å²) in [6.07, 6.45) is 8.63. The standard InChI is InChI=1S/C27H25N5O2/c1-18-14-27(2,3)31(16-20-7-5-4-6-8-20)23-11-9-19(13-21(18)23)10-12-24-22(25(33)34)15-28-26-29-17-30-32(24)26/h4-15,17H,16H2,1-3H3,(H,33,34)/b12-10+. The Labute approximate surface area is 197 Å². The Morgan fingerprint density at radius 1 is 1.09 bits per heavy atom. The summed E-state index contributed by atoms with van der Waals surface area (Å²) in [6.45, 7) is 7.41. The van der Waals surface area contributed by atoms with Gasteiger partial charge in [0, 0.05) is 24.0 Å². The number of allylic oxidation sites excluding steroid dienone is 1. The number of rotatable bonds is 5. The molecule has 0 atom stereocenters. The molecule has 0 fully saturated rings. The topological polar surface area (TPSA) is 83.6 Å². The van der Waals surface area contributed by atoms with E-state index in [-0.39, 0.29) is 11.1 Å². The lowest BCUT2D eigenvalue weighted by molar-refractivity contribution is 0.0695. The molecular formula is C27H25N5O2. The van der Waals surface area contributed by atoms with Crippen molar-refractivity contribution in [3.63, 3.8) is 0 Å². The van der Waals surface area contributed by atoms with Crippen molar-refractivity contribution in [1.29, 1.82) is 0 Å². The van der Waals surface area contributed by atoms with Gasteiger partial charge in [0.25, 0.3) is 5.78 Å². The third-order valence-corrected chi connectivity index (χ3v) is 6.19. The molecule has 3 heterocycles. The van der Waals surface area contributed by atoms with E-state index >= 15 is 0 Å². The molecule has 7 nitrogen and oxygen atoms in total. The van der Waals surface area contributed by atoms with Gasteiger partial charge in [0.15, 0.2) is 0 Å². The summed E-state index contributed by atoms with van der Waals surface area (Å²) in [4.78, 5) is 22.3. The van der Waals surface area contributed by atoms with Crippen LogP contribution in [0.25, 0.3) is 23.5 Å². The highest BCUT2D eigenvalue weighted by atomic mass is 16.4. The smallest absolute Gasteiger partial charge is 0.339 e. The molecule has 0 bridgehead atoms. The zero-order valence-electron chi connectivity index (χ0n) is 19.3. The third-order valence-electron chi connectivity index (χ3n) is 6.19. The van der Waals surface area contributed by atoms with Crippen molar-refractivity contribution in [3.8, 4) is 0 Å². The van der Waals surface area contributed by atoms with Crippen LogP contribution < -0.4 is 4.90 Å². The van der Waals surface area contributed by atoms with E-state index < -0.39 is 5.97 Å². The zero-order chi connectivity index (χ0) is 23.9. The van der Waals surface area contributed by atoms with E-state index in [1.54, 1.807) is 6.08 Å². The number of hydrogen-bond acceptors (Lipinski definition) is 5. The molecule has 1 aliphatic rings. The lowest BCUT2D eigenvalue weighted by Crippen LogP contribution is -2.44.